The molecule has 2 aliphatic rings. The molecule has 326 valence electrons. The van der Waals surface area contributed by atoms with E-state index in [1.54, 1.807) is 0 Å². The van der Waals surface area contributed by atoms with Crippen LogP contribution < -0.4 is 4.90 Å². The summed E-state index contributed by atoms with van der Waals surface area (Å²) >= 11 is 0. The van der Waals surface area contributed by atoms with Crippen LogP contribution in [-0.4, -0.2) is 9.13 Å². The van der Waals surface area contributed by atoms with Crippen molar-refractivity contribution in [1.29, 1.82) is 0 Å². The normalized spacial score (nSPS) is 13.0. The molecule has 0 fully saturated rings. The lowest BCUT2D eigenvalue weighted by atomic mass is 9.70. The van der Waals surface area contributed by atoms with Crippen molar-refractivity contribution in [3.8, 4) is 44.8 Å². The average molecular weight is 890 g/mol. The number of benzene rings is 11. The zero-order valence-corrected chi connectivity index (χ0v) is 38.2. The maximum Gasteiger partial charge on any atom is 0.0746 e. The van der Waals surface area contributed by atoms with E-state index in [0.717, 1.165) is 39.5 Å². The van der Waals surface area contributed by atoms with Crippen molar-refractivity contribution in [2.45, 2.75) is 5.41 Å². The topological polar surface area (TPSA) is 13.1 Å². The number of aromatic nitrogens is 2. The van der Waals surface area contributed by atoms with Crippen LogP contribution in [0.4, 0.5) is 17.1 Å². The standard InChI is InChI=1S/C67H43N3/c1-2-18-46(19-3-1)69-61-32-15-9-25-55(61)65-62(69)33-17-34-63(65)70(48-42-38-45(39-43-48)44-36-40-47(41-37-44)68-59-30-13-7-23-52(59)53-24-8-14-31-60(53)68)64-35-16-26-54-51-22-6-12-29-58(51)67(66(54)64)56-27-10-4-20-49(56)50-21-5-11-28-57(50)67/h1-43H. The molecule has 2 aliphatic carbocycles. The first-order valence-electron chi connectivity index (χ1n) is 24.3. The lowest BCUT2D eigenvalue weighted by molar-refractivity contribution is 0.793. The molecule has 0 saturated carbocycles. The molecule has 2 heterocycles. The predicted octanol–water partition coefficient (Wildman–Crippen LogP) is 17.4. The van der Waals surface area contributed by atoms with E-state index in [-0.39, 0.29) is 0 Å². The highest BCUT2D eigenvalue weighted by atomic mass is 15.2. The zero-order valence-electron chi connectivity index (χ0n) is 38.2. The van der Waals surface area contributed by atoms with E-state index in [9.17, 15) is 0 Å². The van der Waals surface area contributed by atoms with Gasteiger partial charge in [-0.15, -0.1) is 0 Å². The van der Waals surface area contributed by atoms with E-state index in [1.807, 2.05) is 0 Å². The van der Waals surface area contributed by atoms with Crippen LogP contribution in [0.5, 0.6) is 0 Å². The highest BCUT2D eigenvalue weighted by Crippen LogP contribution is 2.65. The second-order valence-corrected chi connectivity index (χ2v) is 18.7. The van der Waals surface area contributed by atoms with E-state index in [2.05, 4.69) is 275 Å². The summed E-state index contributed by atoms with van der Waals surface area (Å²) in [5.41, 5.74) is 22.7. The minimum atomic E-state index is -0.544. The molecule has 2 aromatic heterocycles. The third-order valence-electron chi connectivity index (χ3n) is 15.3. The van der Waals surface area contributed by atoms with Crippen molar-refractivity contribution in [2.24, 2.45) is 0 Å². The Morgan fingerprint density at radius 3 is 1.31 bits per heavy atom. The number of nitrogens with zero attached hydrogens (tertiary/aromatic N) is 3. The van der Waals surface area contributed by atoms with Crippen molar-refractivity contribution in [3.05, 3.63) is 283 Å². The van der Waals surface area contributed by atoms with Crippen LogP contribution in [0.3, 0.4) is 0 Å². The Labute approximate surface area is 406 Å². The van der Waals surface area contributed by atoms with Crippen molar-refractivity contribution >= 4 is 60.7 Å². The first-order chi connectivity index (χ1) is 34.8. The lowest BCUT2D eigenvalue weighted by Gasteiger charge is -2.36. The van der Waals surface area contributed by atoms with Crippen LogP contribution in [0, 0.1) is 0 Å². The van der Waals surface area contributed by atoms with Crippen LogP contribution in [0.1, 0.15) is 22.3 Å². The first kappa shape index (κ1) is 38.9. The Balaban J connectivity index is 0.963. The molecule has 0 aliphatic heterocycles. The highest BCUT2D eigenvalue weighted by Gasteiger charge is 2.53. The SMILES string of the molecule is c1ccc(-n2c3ccccc3c3c(N(c4ccc(-c5ccc(-n6c7ccccc7c7ccccc76)cc5)cc4)c4cccc5c4C4(c6ccccc6-c6ccccc64)c4ccccc4-5)cccc32)cc1. The third-order valence-corrected chi connectivity index (χ3v) is 15.3. The van der Waals surface area contributed by atoms with Gasteiger partial charge in [0, 0.05) is 44.2 Å². The van der Waals surface area contributed by atoms with E-state index < -0.39 is 5.41 Å². The molecule has 0 saturated heterocycles. The molecular formula is C67H43N3. The van der Waals surface area contributed by atoms with Gasteiger partial charge in [-0.3, -0.25) is 0 Å². The van der Waals surface area contributed by atoms with Crippen LogP contribution in [0.25, 0.3) is 88.4 Å². The molecule has 0 atom stereocenters. The van der Waals surface area contributed by atoms with Gasteiger partial charge < -0.3 is 14.0 Å². The second kappa shape index (κ2) is 14.9. The molecule has 70 heavy (non-hydrogen) atoms. The largest absolute Gasteiger partial charge is 0.309 e. The average Bonchev–Trinajstić information content (AvgIpc) is 4.14. The smallest absolute Gasteiger partial charge is 0.0746 e. The van der Waals surface area contributed by atoms with Gasteiger partial charge in [0.1, 0.15) is 0 Å². The van der Waals surface area contributed by atoms with Crippen LogP contribution >= 0.6 is 0 Å². The molecule has 15 rings (SSSR count). The first-order valence-corrected chi connectivity index (χ1v) is 24.3. The van der Waals surface area contributed by atoms with Crippen molar-refractivity contribution in [2.75, 3.05) is 4.90 Å². The lowest BCUT2D eigenvalue weighted by Crippen LogP contribution is -2.28. The number of para-hydroxylation sites is 4. The molecule has 0 unspecified atom stereocenters. The fraction of sp³-hybridized carbons (Fsp3) is 0.0149. The molecule has 11 aromatic carbocycles. The summed E-state index contributed by atoms with van der Waals surface area (Å²) < 4.78 is 4.81. The minimum Gasteiger partial charge on any atom is -0.309 e. The van der Waals surface area contributed by atoms with Gasteiger partial charge in [-0.1, -0.05) is 188 Å². The molecular weight excluding hydrogens is 847 g/mol. The highest BCUT2D eigenvalue weighted by molar-refractivity contribution is 6.17. The van der Waals surface area contributed by atoms with Crippen LogP contribution in [-0.2, 0) is 5.41 Å². The monoisotopic (exact) mass is 889 g/mol. The summed E-state index contributed by atoms with van der Waals surface area (Å²) in [4.78, 5) is 2.56. The molecule has 0 bridgehead atoms. The Morgan fingerprint density at radius 1 is 0.286 bits per heavy atom. The zero-order chi connectivity index (χ0) is 45.9. The van der Waals surface area contributed by atoms with Gasteiger partial charge >= 0.3 is 0 Å². The summed E-state index contributed by atoms with van der Waals surface area (Å²) in [5.74, 6) is 0. The Hall–Kier alpha value is -9.18. The predicted molar refractivity (Wildman–Crippen MR) is 292 cm³/mol. The molecule has 0 amide bonds. The van der Waals surface area contributed by atoms with Gasteiger partial charge in [0.15, 0.2) is 0 Å². The molecule has 3 nitrogen and oxygen atoms in total. The molecule has 1 spiro atoms. The van der Waals surface area contributed by atoms with Gasteiger partial charge in [-0.25, -0.2) is 0 Å². The number of hydrogen-bond donors (Lipinski definition) is 0. The van der Waals surface area contributed by atoms with E-state index in [0.29, 0.717) is 0 Å². The van der Waals surface area contributed by atoms with Gasteiger partial charge in [-0.05, 0) is 123 Å². The maximum atomic E-state index is 2.56. The fourth-order valence-corrected chi connectivity index (χ4v) is 12.6. The number of hydrogen-bond acceptors (Lipinski definition) is 1. The molecule has 0 radical (unpaired) electrons. The summed E-state index contributed by atoms with van der Waals surface area (Å²) in [5, 5.41) is 4.95. The van der Waals surface area contributed by atoms with Crippen LogP contribution in [0.2, 0.25) is 0 Å². The van der Waals surface area contributed by atoms with Crippen molar-refractivity contribution < 1.29 is 0 Å². The molecule has 0 N–H and O–H groups in total. The van der Waals surface area contributed by atoms with Gasteiger partial charge in [-0.2, -0.15) is 0 Å². The minimum absolute atomic E-state index is 0.544. The third kappa shape index (κ3) is 5.29. The van der Waals surface area contributed by atoms with Gasteiger partial charge in [0.05, 0.1) is 38.9 Å². The quantitative estimate of drug-likeness (QED) is 0.162. The maximum absolute atomic E-state index is 2.56. The van der Waals surface area contributed by atoms with Gasteiger partial charge in [0.2, 0.25) is 0 Å². The summed E-state index contributed by atoms with van der Waals surface area (Å²) in [6.07, 6.45) is 0. The number of anilines is 3. The summed E-state index contributed by atoms with van der Waals surface area (Å²) in [7, 11) is 0. The van der Waals surface area contributed by atoms with Crippen molar-refractivity contribution in [1.82, 2.24) is 9.13 Å². The molecule has 3 heteroatoms. The fourth-order valence-electron chi connectivity index (χ4n) is 12.6. The van der Waals surface area contributed by atoms with E-state index in [4.69, 9.17) is 0 Å². The van der Waals surface area contributed by atoms with Crippen LogP contribution in [0.15, 0.2) is 261 Å². The summed E-state index contributed by atoms with van der Waals surface area (Å²) in [6, 6.07) is 96.6. The number of rotatable bonds is 6. The van der Waals surface area contributed by atoms with E-state index >= 15 is 0 Å². The Morgan fingerprint density at radius 2 is 0.700 bits per heavy atom. The Kier molecular flexibility index (Phi) is 8.28. The molecule has 13 aromatic rings. The second-order valence-electron chi connectivity index (χ2n) is 18.7. The van der Waals surface area contributed by atoms with Gasteiger partial charge in [0.25, 0.3) is 0 Å². The number of fused-ring (bicyclic) bond motifs is 16. The van der Waals surface area contributed by atoms with Crippen molar-refractivity contribution in [3.63, 3.8) is 0 Å². The Bertz CT molecular complexity index is 4110. The van der Waals surface area contributed by atoms with E-state index in [1.165, 1.54) is 88.2 Å². The summed E-state index contributed by atoms with van der Waals surface area (Å²) in [6.45, 7) is 0.